The van der Waals surface area contributed by atoms with E-state index in [-0.39, 0.29) is 5.91 Å². The first-order valence-corrected chi connectivity index (χ1v) is 8.41. The summed E-state index contributed by atoms with van der Waals surface area (Å²) in [6.07, 6.45) is 4.02. The highest BCUT2D eigenvalue weighted by atomic mass is 32.1. The van der Waals surface area contributed by atoms with Crippen molar-refractivity contribution in [3.8, 4) is 0 Å². The number of aromatic nitrogens is 1. The number of nitrogens with zero attached hydrogens (tertiary/aromatic N) is 1. The number of carbonyl (C=O) groups is 1. The van der Waals surface area contributed by atoms with Gasteiger partial charge in [0.2, 0.25) is 5.91 Å². The van der Waals surface area contributed by atoms with Crippen LogP contribution in [0.25, 0.3) is 0 Å². The number of nitrogens with one attached hydrogen (secondary N) is 1. The minimum atomic E-state index is -0.0753. The van der Waals surface area contributed by atoms with E-state index in [0.717, 1.165) is 37.9 Å². The van der Waals surface area contributed by atoms with Gasteiger partial charge in [0.25, 0.3) is 0 Å². The van der Waals surface area contributed by atoms with Gasteiger partial charge in [0.05, 0.1) is 5.69 Å². The van der Waals surface area contributed by atoms with E-state index >= 15 is 0 Å². The van der Waals surface area contributed by atoms with E-state index in [4.69, 9.17) is 5.73 Å². The lowest BCUT2D eigenvalue weighted by atomic mass is 10.1. The smallest absolute Gasteiger partial charge is 0.223 e. The molecule has 0 atom stereocenters. The molecule has 0 radical (unpaired) electrons. The van der Waals surface area contributed by atoms with E-state index in [1.54, 1.807) is 11.3 Å². The number of thiazole rings is 1. The van der Waals surface area contributed by atoms with Gasteiger partial charge in [-0.05, 0) is 49.2 Å². The van der Waals surface area contributed by atoms with Crippen molar-refractivity contribution in [3.05, 3.63) is 33.0 Å². The fourth-order valence-corrected chi connectivity index (χ4v) is 3.59. The summed E-state index contributed by atoms with van der Waals surface area (Å²) in [7, 11) is 0. The first kappa shape index (κ1) is 15.2. The molecule has 20 heavy (non-hydrogen) atoms. The van der Waals surface area contributed by atoms with Crippen LogP contribution >= 0.6 is 22.7 Å². The molecule has 0 saturated carbocycles. The zero-order chi connectivity index (χ0) is 14.4. The molecule has 0 aliphatic carbocycles. The summed E-state index contributed by atoms with van der Waals surface area (Å²) >= 11 is 3.28. The van der Waals surface area contributed by atoms with Gasteiger partial charge in [-0.3, -0.25) is 4.79 Å². The Kier molecular flexibility index (Phi) is 5.70. The molecule has 108 valence electrons. The number of nitrogens with two attached hydrogens (primary N) is 1. The summed E-state index contributed by atoms with van der Waals surface area (Å²) < 4.78 is 0. The molecule has 4 nitrogen and oxygen atoms in total. The van der Waals surface area contributed by atoms with Crippen molar-refractivity contribution in [2.24, 2.45) is 5.73 Å². The lowest BCUT2D eigenvalue weighted by molar-refractivity contribution is -0.114. The zero-order valence-corrected chi connectivity index (χ0v) is 13.1. The van der Waals surface area contributed by atoms with Gasteiger partial charge < -0.3 is 11.1 Å². The third-order valence-corrected chi connectivity index (χ3v) is 4.69. The second-order valence-corrected chi connectivity index (χ2v) is 6.49. The van der Waals surface area contributed by atoms with Crippen molar-refractivity contribution in [1.82, 2.24) is 4.98 Å². The lowest BCUT2D eigenvalue weighted by Gasteiger charge is -1.96. The predicted molar refractivity (Wildman–Crippen MR) is 85.5 cm³/mol. The van der Waals surface area contributed by atoms with Crippen LogP contribution in [0, 0.1) is 0 Å². The highest BCUT2D eigenvalue weighted by Gasteiger charge is 2.05. The van der Waals surface area contributed by atoms with Gasteiger partial charge in [-0.25, -0.2) is 4.98 Å². The van der Waals surface area contributed by atoms with Crippen LogP contribution in [0.1, 0.15) is 29.5 Å². The second kappa shape index (κ2) is 7.52. The number of anilines is 1. The van der Waals surface area contributed by atoms with Gasteiger partial charge in [0.15, 0.2) is 5.13 Å². The van der Waals surface area contributed by atoms with Crippen LogP contribution in [0.5, 0.6) is 0 Å². The number of amides is 1. The van der Waals surface area contributed by atoms with Gasteiger partial charge in [-0.15, -0.1) is 22.7 Å². The summed E-state index contributed by atoms with van der Waals surface area (Å²) in [5.41, 5.74) is 7.94. The van der Waals surface area contributed by atoms with Crippen molar-refractivity contribution < 1.29 is 4.79 Å². The maximum Gasteiger partial charge on any atom is 0.223 e. The first-order chi connectivity index (χ1) is 9.67. The monoisotopic (exact) mass is 309 g/mol. The van der Waals surface area contributed by atoms with E-state index in [0.29, 0.717) is 5.13 Å². The molecule has 0 saturated heterocycles. The Morgan fingerprint density at radius 2 is 2.15 bits per heavy atom. The molecule has 6 heteroatoms. The normalized spacial score (nSPS) is 10.7. The SMILES string of the molecule is CC(=O)Nc1nc(CCc2cc(CCCN)cs2)cs1. The van der Waals surface area contributed by atoms with Gasteiger partial charge in [0.1, 0.15) is 0 Å². The number of hydrogen-bond acceptors (Lipinski definition) is 5. The standard InChI is InChI=1S/C14H19N3OS2/c1-10(18)16-14-17-12(9-20-14)4-5-13-7-11(8-19-13)3-2-6-15/h7-9H,2-6,15H2,1H3,(H,16,17,18). The van der Waals surface area contributed by atoms with Crippen LogP contribution in [0.4, 0.5) is 5.13 Å². The largest absolute Gasteiger partial charge is 0.330 e. The summed E-state index contributed by atoms with van der Waals surface area (Å²) in [4.78, 5) is 16.7. The number of thiophene rings is 1. The van der Waals surface area contributed by atoms with Crippen LogP contribution in [0.2, 0.25) is 0 Å². The van der Waals surface area contributed by atoms with Crippen LogP contribution in [-0.4, -0.2) is 17.4 Å². The van der Waals surface area contributed by atoms with Crippen LogP contribution in [0.15, 0.2) is 16.8 Å². The molecule has 0 spiro atoms. The quantitative estimate of drug-likeness (QED) is 0.826. The van der Waals surface area contributed by atoms with Gasteiger partial charge in [-0.1, -0.05) is 0 Å². The Morgan fingerprint density at radius 1 is 1.30 bits per heavy atom. The van der Waals surface area contributed by atoms with Crippen molar-refractivity contribution >= 4 is 33.7 Å². The Balaban J connectivity index is 1.83. The predicted octanol–water partition coefficient (Wildman–Crippen LogP) is 2.84. The van der Waals surface area contributed by atoms with E-state index in [9.17, 15) is 4.79 Å². The second-order valence-electron chi connectivity index (χ2n) is 4.64. The molecule has 2 aromatic rings. The van der Waals surface area contributed by atoms with Crippen LogP contribution < -0.4 is 11.1 Å². The Hall–Kier alpha value is -1.24. The van der Waals surface area contributed by atoms with Crippen molar-refractivity contribution in [1.29, 1.82) is 0 Å². The number of carbonyl (C=O) groups excluding carboxylic acids is 1. The summed E-state index contributed by atoms with van der Waals surface area (Å²) in [5, 5.41) is 7.62. The number of aryl methyl sites for hydroxylation is 3. The zero-order valence-electron chi connectivity index (χ0n) is 11.5. The first-order valence-electron chi connectivity index (χ1n) is 6.65. The van der Waals surface area contributed by atoms with Gasteiger partial charge >= 0.3 is 0 Å². The number of rotatable bonds is 7. The third kappa shape index (κ3) is 4.70. The molecule has 0 fully saturated rings. The van der Waals surface area contributed by atoms with E-state index < -0.39 is 0 Å². The summed E-state index contributed by atoms with van der Waals surface area (Å²) in [5.74, 6) is -0.0753. The fraction of sp³-hybridized carbons (Fsp3) is 0.429. The fourth-order valence-electron chi connectivity index (χ4n) is 1.88. The number of hydrogen-bond donors (Lipinski definition) is 2. The van der Waals surface area contributed by atoms with E-state index in [2.05, 4.69) is 21.7 Å². The maximum absolute atomic E-state index is 10.9. The molecule has 1 amide bonds. The van der Waals surface area contributed by atoms with Crippen molar-refractivity contribution in [2.45, 2.75) is 32.6 Å². The van der Waals surface area contributed by atoms with E-state index in [1.807, 2.05) is 5.38 Å². The molecule has 0 aliphatic heterocycles. The molecule has 0 aliphatic rings. The molecule has 2 aromatic heterocycles. The Labute approximate surface area is 127 Å². The average molecular weight is 309 g/mol. The minimum absolute atomic E-state index is 0.0753. The molecule has 2 heterocycles. The Bertz CT molecular complexity index is 562. The summed E-state index contributed by atoms with van der Waals surface area (Å²) in [6.45, 7) is 2.24. The molecule has 0 bridgehead atoms. The van der Waals surface area contributed by atoms with Gasteiger partial charge in [0, 0.05) is 17.2 Å². The molecule has 2 rings (SSSR count). The lowest BCUT2D eigenvalue weighted by Crippen LogP contribution is -2.05. The topological polar surface area (TPSA) is 68.0 Å². The molecule has 3 N–H and O–H groups in total. The third-order valence-electron chi connectivity index (χ3n) is 2.84. The Morgan fingerprint density at radius 3 is 2.90 bits per heavy atom. The van der Waals surface area contributed by atoms with Crippen LogP contribution in [0.3, 0.4) is 0 Å². The van der Waals surface area contributed by atoms with E-state index in [1.165, 1.54) is 28.7 Å². The minimum Gasteiger partial charge on any atom is -0.330 e. The van der Waals surface area contributed by atoms with Gasteiger partial charge in [-0.2, -0.15) is 0 Å². The molecular weight excluding hydrogens is 290 g/mol. The maximum atomic E-state index is 10.9. The molecule has 0 unspecified atom stereocenters. The highest BCUT2D eigenvalue weighted by Crippen LogP contribution is 2.20. The highest BCUT2D eigenvalue weighted by molar-refractivity contribution is 7.14. The molecular formula is C14H19N3OS2. The average Bonchev–Trinajstić information content (AvgIpc) is 3.02. The van der Waals surface area contributed by atoms with Crippen molar-refractivity contribution in [2.75, 3.05) is 11.9 Å². The van der Waals surface area contributed by atoms with Crippen LogP contribution in [-0.2, 0) is 24.1 Å². The molecule has 0 aromatic carbocycles. The summed E-state index contributed by atoms with van der Waals surface area (Å²) in [6, 6.07) is 2.27. The van der Waals surface area contributed by atoms with Crippen molar-refractivity contribution in [3.63, 3.8) is 0 Å².